The number of ether oxygens (including phenoxy) is 1. The van der Waals surface area contributed by atoms with E-state index < -0.39 is 17.6 Å². The summed E-state index contributed by atoms with van der Waals surface area (Å²) in [7, 11) is 0. The quantitative estimate of drug-likeness (QED) is 0.856. The van der Waals surface area contributed by atoms with E-state index in [0.717, 1.165) is 12.1 Å². The Morgan fingerprint density at radius 3 is 2.64 bits per heavy atom. The Bertz CT molecular complexity index is 822. The van der Waals surface area contributed by atoms with E-state index in [1.807, 2.05) is 6.07 Å². The summed E-state index contributed by atoms with van der Waals surface area (Å²) < 4.78 is 43.7. The maximum Gasteiger partial charge on any atom is 0.416 e. The van der Waals surface area contributed by atoms with Gasteiger partial charge in [-0.05, 0) is 24.3 Å². The van der Waals surface area contributed by atoms with Gasteiger partial charge in [0, 0.05) is 17.8 Å². The van der Waals surface area contributed by atoms with E-state index in [-0.39, 0.29) is 24.8 Å². The van der Waals surface area contributed by atoms with Gasteiger partial charge in [-0.2, -0.15) is 18.4 Å². The smallest absolute Gasteiger partial charge is 0.416 e. The van der Waals surface area contributed by atoms with Gasteiger partial charge >= 0.3 is 6.18 Å². The van der Waals surface area contributed by atoms with Crippen LogP contribution in [-0.4, -0.2) is 35.0 Å². The van der Waals surface area contributed by atoms with E-state index in [0.29, 0.717) is 11.4 Å². The van der Waals surface area contributed by atoms with Crippen LogP contribution in [0.25, 0.3) is 0 Å². The van der Waals surface area contributed by atoms with Gasteiger partial charge < -0.3 is 9.64 Å². The summed E-state index contributed by atoms with van der Waals surface area (Å²) >= 11 is 0. The molecule has 5 nitrogen and oxygen atoms in total. The van der Waals surface area contributed by atoms with Crippen molar-refractivity contribution in [2.45, 2.75) is 12.3 Å². The van der Waals surface area contributed by atoms with Gasteiger partial charge in [0.05, 0.1) is 24.2 Å². The molecule has 2 aromatic rings. The predicted octanol–water partition coefficient (Wildman–Crippen LogP) is 2.88. The fourth-order valence-corrected chi connectivity index (χ4v) is 2.38. The third-order valence-corrected chi connectivity index (χ3v) is 3.72. The van der Waals surface area contributed by atoms with Gasteiger partial charge in [-0.15, -0.1) is 0 Å². The molecule has 1 amide bonds. The molecule has 0 unspecified atom stereocenters. The minimum Gasteiger partial charge on any atom is -0.471 e. The highest BCUT2D eigenvalue weighted by atomic mass is 19.4. The van der Waals surface area contributed by atoms with Crippen LogP contribution in [0.15, 0.2) is 42.6 Å². The second kappa shape index (κ2) is 6.43. The highest BCUT2D eigenvalue weighted by Gasteiger charge is 2.35. The molecule has 0 aliphatic carbocycles. The number of likely N-dealkylation sites (tertiary alicyclic amines) is 1. The molecule has 0 spiro atoms. The number of nitriles is 1. The predicted molar refractivity (Wildman–Crippen MR) is 80.7 cm³/mol. The lowest BCUT2D eigenvalue weighted by Crippen LogP contribution is -2.56. The number of benzene rings is 1. The van der Waals surface area contributed by atoms with E-state index >= 15 is 0 Å². The maximum absolute atomic E-state index is 12.7. The monoisotopic (exact) mass is 347 g/mol. The first-order valence-electron chi connectivity index (χ1n) is 7.36. The van der Waals surface area contributed by atoms with Crippen LogP contribution in [0.5, 0.6) is 5.88 Å². The molecule has 3 rings (SSSR count). The summed E-state index contributed by atoms with van der Waals surface area (Å²) in [6, 6.07) is 9.39. The molecule has 1 aliphatic rings. The molecule has 2 heterocycles. The number of nitrogens with zero attached hydrogens (tertiary/aromatic N) is 3. The molecular formula is C17H12F3N3O2. The molecular weight excluding hydrogens is 335 g/mol. The van der Waals surface area contributed by atoms with Gasteiger partial charge in [0.1, 0.15) is 12.2 Å². The Morgan fingerprint density at radius 2 is 2.04 bits per heavy atom. The van der Waals surface area contributed by atoms with Crippen LogP contribution in [0.4, 0.5) is 13.2 Å². The average Bonchev–Trinajstić information content (AvgIpc) is 2.57. The molecule has 1 aromatic carbocycles. The number of carbonyl (C=O) groups excluding carboxylic acids is 1. The summed E-state index contributed by atoms with van der Waals surface area (Å²) in [5, 5.41) is 8.70. The van der Waals surface area contributed by atoms with Crippen LogP contribution >= 0.6 is 0 Å². The topological polar surface area (TPSA) is 66.2 Å². The van der Waals surface area contributed by atoms with Crippen molar-refractivity contribution in [1.29, 1.82) is 5.26 Å². The number of pyridine rings is 1. The number of rotatable bonds is 3. The lowest BCUT2D eigenvalue weighted by molar-refractivity contribution is -0.137. The third-order valence-electron chi connectivity index (χ3n) is 3.72. The first-order chi connectivity index (χ1) is 11.9. The van der Waals surface area contributed by atoms with Gasteiger partial charge in [-0.25, -0.2) is 4.98 Å². The zero-order valence-electron chi connectivity index (χ0n) is 12.8. The second-order valence-corrected chi connectivity index (χ2v) is 5.53. The molecule has 0 radical (unpaired) electrons. The Hall–Kier alpha value is -3.08. The third kappa shape index (κ3) is 3.71. The van der Waals surface area contributed by atoms with Crippen molar-refractivity contribution in [3.8, 4) is 11.9 Å². The van der Waals surface area contributed by atoms with Gasteiger partial charge in [0.15, 0.2) is 0 Å². The standard InChI is InChI=1S/C17H12F3N3O2/c18-17(19,20)13-3-1-2-12(6-13)16(24)23-9-14(10-23)25-15-5-4-11(7-21)8-22-15/h1-6,8,14H,9-10H2. The molecule has 8 heteroatoms. The summed E-state index contributed by atoms with van der Waals surface area (Å²) in [5.74, 6) is -0.145. The molecule has 1 saturated heterocycles. The number of hydrogen-bond acceptors (Lipinski definition) is 4. The summed E-state index contributed by atoms with van der Waals surface area (Å²) in [6.07, 6.45) is -3.40. The van der Waals surface area contributed by atoms with Crippen LogP contribution in [0.3, 0.4) is 0 Å². The molecule has 0 bridgehead atoms. The zero-order valence-corrected chi connectivity index (χ0v) is 12.8. The Kier molecular flexibility index (Phi) is 4.31. The number of amides is 1. The second-order valence-electron chi connectivity index (χ2n) is 5.53. The molecule has 0 N–H and O–H groups in total. The Morgan fingerprint density at radius 1 is 1.28 bits per heavy atom. The first kappa shape index (κ1) is 16.8. The van der Waals surface area contributed by atoms with Gasteiger partial charge in [0.2, 0.25) is 5.88 Å². The molecule has 0 saturated carbocycles. The summed E-state index contributed by atoms with van der Waals surface area (Å²) in [6.45, 7) is 0.521. The van der Waals surface area contributed by atoms with Crippen molar-refractivity contribution < 1.29 is 22.7 Å². The molecule has 0 atom stereocenters. The van der Waals surface area contributed by atoms with Crippen LogP contribution < -0.4 is 4.74 Å². The largest absolute Gasteiger partial charge is 0.471 e. The Balaban J connectivity index is 1.59. The molecule has 128 valence electrons. The van der Waals surface area contributed by atoms with E-state index in [1.165, 1.54) is 23.2 Å². The van der Waals surface area contributed by atoms with Crippen LogP contribution in [0, 0.1) is 11.3 Å². The summed E-state index contributed by atoms with van der Waals surface area (Å²) in [5.41, 5.74) is -0.458. The zero-order chi connectivity index (χ0) is 18.0. The molecule has 25 heavy (non-hydrogen) atoms. The number of carbonyl (C=O) groups is 1. The number of aromatic nitrogens is 1. The highest BCUT2D eigenvalue weighted by molar-refractivity contribution is 5.95. The van der Waals surface area contributed by atoms with Gasteiger partial charge in [0.25, 0.3) is 5.91 Å². The number of alkyl halides is 3. The van der Waals surface area contributed by atoms with Gasteiger partial charge in [-0.1, -0.05) is 6.07 Å². The SMILES string of the molecule is N#Cc1ccc(OC2CN(C(=O)c3cccc(C(F)(F)F)c3)C2)nc1. The van der Waals surface area contributed by atoms with E-state index in [9.17, 15) is 18.0 Å². The summed E-state index contributed by atoms with van der Waals surface area (Å²) in [4.78, 5) is 17.6. The van der Waals surface area contributed by atoms with Crippen molar-refractivity contribution in [3.05, 3.63) is 59.3 Å². The molecule has 1 aliphatic heterocycles. The van der Waals surface area contributed by atoms with E-state index in [4.69, 9.17) is 10.00 Å². The van der Waals surface area contributed by atoms with Crippen molar-refractivity contribution in [2.75, 3.05) is 13.1 Å². The number of hydrogen-bond donors (Lipinski definition) is 0. The molecule has 1 aromatic heterocycles. The minimum absolute atomic E-state index is 0.00947. The minimum atomic E-state index is -4.49. The van der Waals surface area contributed by atoms with Crippen molar-refractivity contribution in [1.82, 2.24) is 9.88 Å². The van der Waals surface area contributed by atoms with E-state index in [2.05, 4.69) is 4.98 Å². The fraction of sp³-hybridized carbons (Fsp3) is 0.235. The van der Waals surface area contributed by atoms with Crippen LogP contribution in [0.1, 0.15) is 21.5 Å². The lowest BCUT2D eigenvalue weighted by atomic mass is 10.1. The van der Waals surface area contributed by atoms with Crippen molar-refractivity contribution >= 4 is 5.91 Å². The van der Waals surface area contributed by atoms with Crippen LogP contribution in [-0.2, 0) is 6.18 Å². The van der Waals surface area contributed by atoms with E-state index in [1.54, 1.807) is 12.1 Å². The van der Waals surface area contributed by atoms with Crippen molar-refractivity contribution in [2.24, 2.45) is 0 Å². The average molecular weight is 347 g/mol. The number of halogens is 3. The van der Waals surface area contributed by atoms with Crippen molar-refractivity contribution in [3.63, 3.8) is 0 Å². The fourth-order valence-electron chi connectivity index (χ4n) is 2.38. The molecule has 1 fully saturated rings. The Labute approximate surface area is 141 Å². The lowest BCUT2D eigenvalue weighted by Gasteiger charge is -2.38. The highest BCUT2D eigenvalue weighted by Crippen LogP contribution is 2.30. The van der Waals surface area contributed by atoms with Crippen LogP contribution in [0.2, 0.25) is 0 Å². The normalized spacial score (nSPS) is 14.6. The van der Waals surface area contributed by atoms with Gasteiger partial charge in [-0.3, -0.25) is 4.79 Å². The first-order valence-corrected chi connectivity index (χ1v) is 7.36. The maximum atomic E-state index is 12.7.